The van der Waals surface area contributed by atoms with Crippen LogP contribution >= 0.6 is 23.4 Å². The number of hydrogen-bond acceptors (Lipinski definition) is 1. The Morgan fingerprint density at radius 3 is 2.67 bits per heavy atom. The summed E-state index contributed by atoms with van der Waals surface area (Å²) >= 11 is 7.93. The Bertz CT molecular complexity index is 356. The zero-order valence-electron chi connectivity index (χ0n) is 8.05. The van der Waals surface area contributed by atoms with E-state index in [1.54, 1.807) is 6.07 Å². The number of hydrogen-bond donors (Lipinski definition) is 0. The second-order valence-corrected chi connectivity index (χ2v) is 5.40. The summed E-state index contributed by atoms with van der Waals surface area (Å²) in [7, 11) is 0. The average Bonchev–Trinajstić information content (AvgIpc) is 2.59. The van der Waals surface area contributed by atoms with Crippen LogP contribution in [0.4, 0.5) is 8.78 Å². The van der Waals surface area contributed by atoms with Crippen molar-refractivity contribution < 1.29 is 8.78 Å². The Morgan fingerprint density at radius 2 is 2.07 bits per heavy atom. The SMILES string of the molecule is Fc1ccc(CC2CSCC2Cl)cc1F. The second kappa shape index (κ2) is 4.71. The van der Waals surface area contributed by atoms with E-state index in [4.69, 9.17) is 11.6 Å². The molecule has 2 atom stereocenters. The van der Waals surface area contributed by atoms with Crippen LogP contribution in [-0.2, 0) is 6.42 Å². The minimum atomic E-state index is -0.790. The molecule has 0 bridgehead atoms. The molecule has 0 amide bonds. The Balaban J connectivity index is 2.07. The fraction of sp³-hybridized carbons (Fsp3) is 0.455. The molecule has 1 heterocycles. The lowest BCUT2D eigenvalue weighted by Crippen LogP contribution is -2.14. The van der Waals surface area contributed by atoms with E-state index < -0.39 is 11.6 Å². The number of rotatable bonds is 2. The highest BCUT2D eigenvalue weighted by Gasteiger charge is 2.26. The summed E-state index contributed by atoms with van der Waals surface area (Å²) in [6, 6.07) is 4.07. The van der Waals surface area contributed by atoms with Crippen LogP contribution < -0.4 is 0 Å². The van der Waals surface area contributed by atoms with Crippen molar-refractivity contribution in [2.75, 3.05) is 11.5 Å². The van der Waals surface area contributed by atoms with Crippen molar-refractivity contribution in [2.45, 2.75) is 11.8 Å². The third kappa shape index (κ3) is 2.64. The lowest BCUT2D eigenvalue weighted by atomic mass is 9.98. The van der Waals surface area contributed by atoms with Crippen LogP contribution in [0.1, 0.15) is 5.56 Å². The number of benzene rings is 1. The maximum absolute atomic E-state index is 12.9. The monoisotopic (exact) mass is 248 g/mol. The summed E-state index contributed by atoms with van der Waals surface area (Å²) in [5, 5.41) is 0.156. The lowest BCUT2D eigenvalue weighted by molar-refractivity contribution is 0.504. The van der Waals surface area contributed by atoms with E-state index in [9.17, 15) is 8.78 Å². The van der Waals surface area contributed by atoms with Crippen molar-refractivity contribution in [1.82, 2.24) is 0 Å². The number of thioether (sulfide) groups is 1. The molecular formula is C11H11ClF2S. The van der Waals surface area contributed by atoms with Gasteiger partial charge in [-0.05, 0) is 35.8 Å². The van der Waals surface area contributed by atoms with Crippen LogP contribution in [0, 0.1) is 17.6 Å². The normalized spacial score (nSPS) is 25.8. The maximum Gasteiger partial charge on any atom is 0.159 e. The highest BCUT2D eigenvalue weighted by Crippen LogP contribution is 2.31. The summed E-state index contributed by atoms with van der Waals surface area (Å²) in [6.45, 7) is 0. The molecule has 15 heavy (non-hydrogen) atoms. The lowest BCUT2D eigenvalue weighted by Gasteiger charge is -2.12. The Morgan fingerprint density at radius 1 is 1.27 bits per heavy atom. The quantitative estimate of drug-likeness (QED) is 0.722. The van der Waals surface area contributed by atoms with Crippen LogP contribution in [-0.4, -0.2) is 16.9 Å². The summed E-state index contributed by atoms with van der Waals surface area (Å²) < 4.78 is 25.6. The molecule has 1 fully saturated rings. The van der Waals surface area contributed by atoms with Crippen LogP contribution in [0.15, 0.2) is 18.2 Å². The van der Waals surface area contributed by atoms with Gasteiger partial charge in [-0.2, -0.15) is 11.8 Å². The standard InChI is InChI=1S/C11H11ClF2S/c12-9-6-15-5-8(9)3-7-1-2-10(13)11(14)4-7/h1-2,4,8-9H,3,5-6H2. The predicted molar refractivity (Wildman–Crippen MR) is 60.5 cm³/mol. The smallest absolute Gasteiger partial charge is 0.159 e. The average molecular weight is 249 g/mol. The fourth-order valence-corrected chi connectivity index (χ4v) is 3.57. The van der Waals surface area contributed by atoms with Gasteiger partial charge in [-0.15, -0.1) is 11.6 Å². The van der Waals surface area contributed by atoms with Crippen molar-refractivity contribution in [1.29, 1.82) is 0 Å². The molecule has 1 aromatic carbocycles. The molecule has 2 rings (SSSR count). The van der Waals surface area contributed by atoms with E-state index in [1.165, 1.54) is 12.1 Å². The molecule has 0 radical (unpaired) electrons. The van der Waals surface area contributed by atoms with Crippen LogP contribution in [0.2, 0.25) is 0 Å². The molecule has 82 valence electrons. The first-order chi connectivity index (χ1) is 7.16. The van der Waals surface area contributed by atoms with Gasteiger partial charge in [0.1, 0.15) is 0 Å². The third-order valence-electron chi connectivity index (χ3n) is 2.60. The zero-order chi connectivity index (χ0) is 10.8. The van der Waals surface area contributed by atoms with Gasteiger partial charge in [-0.25, -0.2) is 8.78 Å². The molecule has 1 aliphatic rings. The third-order valence-corrected chi connectivity index (χ3v) is 4.55. The minimum Gasteiger partial charge on any atom is -0.204 e. The minimum absolute atomic E-state index is 0.156. The van der Waals surface area contributed by atoms with E-state index in [-0.39, 0.29) is 5.38 Å². The molecule has 0 aromatic heterocycles. The molecule has 0 saturated carbocycles. The molecule has 0 N–H and O–H groups in total. The summed E-state index contributed by atoms with van der Waals surface area (Å²) in [4.78, 5) is 0. The number of halogens is 3. The fourth-order valence-electron chi connectivity index (χ4n) is 1.73. The van der Waals surface area contributed by atoms with Crippen molar-refractivity contribution in [2.24, 2.45) is 5.92 Å². The first kappa shape index (κ1) is 11.2. The van der Waals surface area contributed by atoms with Gasteiger partial charge in [-0.1, -0.05) is 6.07 Å². The zero-order valence-corrected chi connectivity index (χ0v) is 9.62. The van der Waals surface area contributed by atoms with Gasteiger partial charge in [0.25, 0.3) is 0 Å². The van der Waals surface area contributed by atoms with Gasteiger partial charge in [-0.3, -0.25) is 0 Å². The summed E-state index contributed by atoms with van der Waals surface area (Å²) in [5.41, 5.74) is 0.826. The highest BCUT2D eigenvalue weighted by molar-refractivity contribution is 7.99. The molecule has 0 spiro atoms. The largest absolute Gasteiger partial charge is 0.204 e. The summed E-state index contributed by atoms with van der Waals surface area (Å²) in [5.74, 6) is 0.774. The van der Waals surface area contributed by atoms with Gasteiger partial charge in [0, 0.05) is 11.1 Å². The van der Waals surface area contributed by atoms with E-state index in [0.29, 0.717) is 5.92 Å². The Hall–Kier alpha value is -0.280. The number of alkyl halides is 1. The van der Waals surface area contributed by atoms with Crippen molar-refractivity contribution in [3.63, 3.8) is 0 Å². The molecule has 1 aliphatic heterocycles. The summed E-state index contributed by atoms with van der Waals surface area (Å²) in [6.07, 6.45) is 0.734. The predicted octanol–water partition coefficient (Wildman–Crippen LogP) is 3.48. The van der Waals surface area contributed by atoms with Crippen molar-refractivity contribution in [3.8, 4) is 0 Å². The molecule has 0 nitrogen and oxygen atoms in total. The Kier molecular flexibility index (Phi) is 3.52. The van der Waals surface area contributed by atoms with E-state index >= 15 is 0 Å². The maximum atomic E-state index is 12.9. The molecule has 4 heteroatoms. The van der Waals surface area contributed by atoms with Gasteiger partial charge in [0.05, 0.1) is 0 Å². The second-order valence-electron chi connectivity index (χ2n) is 3.77. The van der Waals surface area contributed by atoms with Crippen LogP contribution in [0.25, 0.3) is 0 Å². The van der Waals surface area contributed by atoms with Gasteiger partial charge >= 0.3 is 0 Å². The van der Waals surface area contributed by atoms with Gasteiger partial charge < -0.3 is 0 Å². The van der Waals surface area contributed by atoms with Crippen molar-refractivity contribution in [3.05, 3.63) is 35.4 Å². The van der Waals surface area contributed by atoms with Crippen molar-refractivity contribution >= 4 is 23.4 Å². The first-order valence-corrected chi connectivity index (χ1v) is 6.41. The van der Waals surface area contributed by atoms with E-state index in [0.717, 1.165) is 23.5 Å². The van der Waals surface area contributed by atoms with Gasteiger partial charge in [0.15, 0.2) is 11.6 Å². The van der Waals surface area contributed by atoms with Gasteiger partial charge in [0.2, 0.25) is 0 Å². The molecule has 1 saturated heterocycles. The first-order valence-electron chi connectivity index (χ1n) is 4.82. The van der Waals surface area contributed by atoms with Crippen LogP contribution in [0.3, 0.4) is 0 Å². The molecule has 2 unspecified atom stereocenters. The highest BCUT2D eigenvalue weighted by atomic mass is 35.5. The van der Waals surface area contributed by atoms with E-state index in [2.05, 4.69) is 0 Å². The topological polar surface area (TPSA) is 0 Å². The molecule has 0 aliphatic carbocycles. The Labute approximate surface area is 97.0 Å². The molecule has 1 aromatic rings. The van der Waals surface area contributed by atoms with Crippen LogP contribution in [0.5, 0.6) is 0 Å². The van der Waals surface area contributed by atoms with E-state index in [1.807, 2.05) is 11.8 Å². The molecular weight excluding hydrogens is 238 g/mol.